The van der Waals surface area contributed by atoms with Crippen molar-refractivity contribution in [3.05, 3.63) is 34.9 Å². The largest absolute Gasteiger partial charge is 0.0683 e. The topological polar surface area (TPSA) is 0 Å². The first-order chi connectivity index (χ1) is 6.27. The molecule has 0 N–H and O–H groups in total. The summed E-state index contributed by atoms with van der Waals surface area (Å²) < 4.78 is 0. The van der Waals surface area contributed by atoms with Crippen LogP contribution in [0, 0.1) is 12.8 Å². The second kappa shape index (κ2) is 4.45. The second-order valence-electron chi connectivity index (χ2n) is 3.73. The Morgan fingerprint density at radius 2 is 1.85 bits per heavy atom. The average Bonchev–Trinajstić information content (AvgIpc) is 2.51. The standard InChI is InChI=1S/C11H14.C2H6/c1-8-6-10-5-3-4-9(2)11(10)7-8;1-2/h3-5,8H,6-7H2,1-2H3;1-2H3. The summed E-state index contributed by atoms with van der Waals surface area (Å²) in [5.74, 6) is 0.867. The highest BCUT2D eigenvalue weighted by atomic mass is 14.2. The summed E-state index contributed by atoms with van der Waals surface area (Å²) in [5.41, 5.74) is 4.67. The fourth-order valence-electron chi connectivity index (χ4n) is 2.04. The summed E-state index contributed by atoms with van der Waals surface area (Å²) in [6.45, 7) is 8.55. The van der Waals surface area contributed by atoms with E-state index in [2.05, 4.69) is 32.0 Å². The molecule has 0 nitrogen and oxygen atoms in total. The van der Waals surface area contributed by atoms with Gasteiger partial charge in [0.1, 0.15) is 0 Å². The predicted molar refractivity (Wildman–Crippen MR) is 59.1 cm³/mol. The van der Waals surface area contributed by atoms with Gasteiger partial charge in [-0.3, -0.25) is 0 Å². The molecule has 0 heterocycles. The van der Waals surface area contributed by atoms with Gasteiger partial charge in [-0.2, -0.15) is 0 Å². The van der Waals surface area contributed by atoms with Crippen LogP contribution in [0.5, 0.6) is 0 Å². The molecule has 0 fully saturated rings. The van der Waals surface area contributed by atoms with E-state index in [0.29, 0.717) is 0 Å². The molecule has 0 amide bonds. The van der Waals surface area contributed by atoms with Crippen LogP contribution < -0.4 is 0 Å². The van der Waals surface area contributed by atoms with Crippen LogP contribution in [0.25, 0.3) is 0 Å². The van der Waals surface area contributed by atoms with E-state index in [1.807, 2.05) is 13.8 Å². The van der Waals surface area contributed by atoms with Gasteiger partial charge in [0.25, 0.3) is 0 Å². The van der Waals surface area contributed by atoms with Crippen molar-refractivity contribution >= 4 is 0 Å². The van der Waals surface area contributed by atoms with Crippen LogP contribution in [0.3, 0.4) is 0 Å². The Morgan fingerprint density at radius 3 is 2.46 bits per heavy atom. The molecule has 0 aromatic heterocycles. The molecule has 1 aromatic carbocycles. The van der Waals surface area contributed by atoms with Gasteiger partial charge >= 0.3 is 0 Å². The summed E-state index contributed by atoms with van der Waals surface area (Å²) in [7, 11) is 0. The average molecular weight is 176 g/mol. The molecule has 72 valence electrons. The molecule has 0 saturated heterocycles. The maximum atomic E-state index is 2.33. The van der Waals surface area contributed by atoms with Gasteiger partial charge in [0, 0.05) is 0 Å². The number of hydrogen-bond donors (Lipinski definition) is 0. The van der Waals surface area contributed by atoms with E-state index in [1.165, 1.54) is 18.4 Å². The van der Waals surface area contributed by atoms with Crippen LogP contribution in [0.1, 0.15) is 37.5 Å². The maximum absolute atomic E-state index is 2.33. The summed E-state index contributed by atoms with van der Waals surface area (Å²) in [6.07, 6.45) is 2.58. The van der Waals surface area contributed by atoms with Gasteiger partial charge in [-0.15, -0.1) is 0 Å². The molecule has 0 heteroatoms. The second-order valence-corrected chi connectivity index (χ2v) is 3.73. The SMILES string of the molecule is CC.Cc1cccc2c1CC(C)C2. The Balaban J connectivity index is 0.000000396. The number of aryl methyl sites for hydroxylation is 1. The van der Waals surface area contributed by atoms with Crippen LogP contribution in [0.2, 0.25) is 0 Å². The molecule has 0 radical (unpaired) electrons. The van der Waals surface area contributed by atoms with E-state index in [-0.39, 0.29) is 0 Å². The Hall–Kier alpha value is -0.780. The molecular formula is C13H20. The lowest BCUT2D eigenvalue weighted by atomic mass is 10.1. The third-order valence-corrected chi connectivity index (χ3v) is 2.63. The highest BCUT2D eigenvalue weighted by molar-refractivity contribution is 5.38. The molecule has 0 aliphatic heterocycles. The van der Waals surface area contributed by atoms with Crippen LogP contribution in [-0.4, -0.2) is 0 Å². The highest BCUT2D eigenvalue weighted by Crippen LogP contribution is 2.28. The van der Waals surface area contributed by atoms with E-state index in [9.17, 15) is 0 Å². The minimum atomic E-state index is 0.867. The van der Waals surface area contributed by atoms with Crippen LogP contribution in [-0.2, 0) is 12.8 Å². The third-order valence-electron chi connectivity index (χ3n) is 2.63. The normalized spacial score (nSPS) is 18.9. The van der Waals surface area contributed by atoms with E-state index >= 15 is 0 Å². The minimum absolute atomic E-state index is 0.867. The van der Waals surface area contributed by atoms with Crippen molar-refractivity contribution < 1.29 is 0 Å². The lowest BCUT2D eigenvalue weighted by Gasteiger charge is -2.00. The van der Waals surface area contributed by atoms with Crippen molar-refractivity contribution in [2.45, 2.75) is 40.5 Å². The van der Waals surface area contributed by atoms with Crippen LogP contribution in [0.15, 0.2) is 18.2 Å². The number of hydrogen-bond acceptors (Lipinski definition) is 0. The summed E-state index contributed by atoms with van der Waals surface area (Å²) in [5, 5.41) is 0. The Morgan fingerprint density at radius 1 is 1.15 bits per heavy atom. The molecule has 1 aromatic rings. The first kappa shape index (κ1) is 10.3. The Kier molecular flexibility index (Phi) is 3.53. The first-order valence-corrected chi connectivity index (χ1v) is 5.34. The van der Waals surface area contributed by atoms with E-state index in [4.69, 9.17) is 0 Å². The summed E-state index contributed by atoms with van der Waals surface area (Å²) in [4.78, 5) is 0. The lowest BCUT2D eigenvalue weighted by molar-refractivity contribution is 0.627. The zero-order valence-corrected chi connectivity index (χ0v) is 9.22. The summed E-state index contributed by atoms with van der Waals surface area (Å²) in [6, 6.07) is 6.66. The van der Waals surface area contributed by atoms with Crippen molar-refractivity contribution in [1.82, 2.24) is 0 Å². The molecule has 1 unspecified atom stereocenters. The maximum Gasteiger partial charge on any atom is -0.0244 e. The van der Waals surface area contributed by atoms with Gasteiger partial charge in [-0.25, -0.2) is 0 Å². The molecule has 0 spiro atoms. The zero-order valence-electron chi connectivity index (χ0n) is 9.22. The third kappa shape index (κ3) is 2.12. The minimum Gasteiger partial charge on any atom is -0.0683 e. The molecule has 0 bridgehead atoms. The van der Waals surface area contributed by atoms with Gasteiger partial charge < -0.3 is 0 Å². The van der Waals surface area contributed by atoms with Gasteiger partial charge in [0.15, 0.2) is 0 Å². The van der Waals surface area contributed by atoms with Crippen molar-refractivity contribution in [3.63, 3.8) is 0 Å². The van der Waals surface area contributed by atoms with Crippen molar-refractivity contribution in [3.8, 4) is 0 Å². The monoisotopic (exact) mass is 176 g/mol. The smallest absolute Gasteiger partial charge is 0.0244 e. The van der Waals surface area contributed by atoms with Crippen molar-refractivity contribution in [1.29, 1.82) is 0 Å². The van der Waals surface area contributed by atoms with E-state index in [1.54, 1.807) is 11.1 Å². The number of fused-ring (bicyclic) bond motifs is 1. The first-order valence-electron chi connectivity index (χ1n) is 5.34. The lowest BCUT2D eigenvalue weighted by Crippen LogP contribution is -1.90. The van der Waals surface area contributed by atoms with Crippen LogP contribution in [0.4, 0.5) is 0 Å². The fourth-order valence-corrected chi connectivity index (χ4v) is 2.04. The molecule has 1 aliphatic carbocycles. The molecular weight excluding hydrogens is 156 g/mol. The number of benzene rings is 1. The van der Waals surface area contributed by atoms with Crippen molar-refractivity contribution in [2.75, 3.05) is 0 Å². The quantitative estimate of drug-likeness (QED) is 0.564. The summed E-state index contributed by atoms with van der Waals surface area (Å²) >= 11 is 0. The van der Waals surface area contributed by atoms with Gasteiger partial charge in [0.05, 0.1) is 0 Å². The fraction of sp³-hybridized carbons (Fsp3) is 0.538. The molecule has 0 saturated carbocycles. The van der Waals surface area contributed by atoms with E-state index in [0.717, 1.165) is 5.92 Å². The molecule has 13 heavy (non-hydrogen) atoms. The molecule has 2 rings (SSSR count). The van der Waals surface area contributed by atoms with Crippen molar-refractivity contribution in [2.24, 2.45) is 5.92 Å². The number of rotatable bonds is 0. The van der Waals surface area contributed by atoms with Crippen LogP contribution >= 0.6 is 0 Å². The Labute approximate surface area is 82.0 Å². The highest BCUT2D eigenvalue weighted by Gasteiger charge is 2.17. The molecule has 1 atom stereocenters. The van der Waals surface area contributed by atoms with Gasteiger partial charge in [-0.1, -0.05) is 39.0 Å². The molecule has 1 aliphatic rings. The Bertz CT molecular complexity index is 273. The van der Waals surface area contributed by atoms with Gasteiger partial charge in [-0.05, 0) is 42.4 Å². The van der Waals surface area contributed by atoms with E-state index < -0.39 is 0 Å². The predicted octanol–water partition coefficient (Wildman–Crippen LogP) is 3.76. The van der Waals surface area contributed by atoms with Gasteiger partial charge in [0.2, 0.25) is 0 Å². The zero-order chi connectivity index (χ0) is 9.84.